The summed E-state index contributed by atoms with van der Waals surface area (Å²) in [5.74, 6) is 0. The molecule has 2 aliphatic rings. The second-order valence-corrected chi connectivity index (χ2v) is 6.40. The van der Waals surface area contributed by atoms with Crippen LogP contribution < -0.4 is 10.5 Å². The average Bonchev–Trinajstić information content (AvgIpc) is 3.02. The van der Waals surface area contributed by atoms with Crippen LogP contribution in [0.1, 0.15) is 38.5 Å². The van der Waals surface area contributed by atoms with Gasteiger partial charge in [-0.15, -0.1) is 0 Å². The van der Waals surface area contributed by atoms with E-state index >= 15 is 0 Å². The number of nitrogens with one attached hydrogen (secondary N) is 1. The lowest BCUT2D eigenvalue weighted by Crippen LogP contribution is -2.49. The predicted molar refractivity (Wildman–Crippen MR) is 63.1 cm³/mol. The normalized spacial score (nSPS) is 28.9. The first kappa shape index (κ1) is 12.3. The Kier molecular flexibility index (Phi) is 3.84. The zero-order valence-electron chi connectivity index (χ0n) is 9.56. The number of nitrogens with zero attached hydrogens (tertiary/aromatic N) is 1. The van der Waals surface area contributed by atoms with Gasteiger partial charge in [-0.1, -0.05) is 12.8 Å². The fourth-order valence-corrected chi connectivity index (χ4v) is 3.93. The largest absolute Gasteiger partial charge is 0.329 e. The van der Waals surface area contributed by atoms with E-state index in [0.717, 1.165) is 38.5 Å². The summed E-state index contributed by atoms with van der Waals surface area (Å²) in [5, 5.41) is 0. The van der Waals surface area contributed by atoms with Crippen molar-refractivity contribution in [3.05, 3.63) is 0 Å². The molecule has 6 heteroatoms. The lowest BCUT2D eigenvalue weighted by molar-refractivity contribution is 0.323. The highest BCUT2D eigenvalue weighted by molar-refractivity contribution is 7.87. The Labute approximate surface area is 97.6 Å². The molecule has 0 spiro atoms. The van der Waals surface area contributed by atoms with Crippen LogP contribution in [-0.4, -0.2) is 37.9 Å². The minimum Gasteiger partial charge on any atom is -0.329 e. The van der Waals surface area contributed by atoms with Gasteiger partial charge in [0.05, 0.1) is 0 Å². The van der Waals surface area contributed by atoms with Crippen LogP contribution in [0.15, 0.2) is 0 Å². The minimum absolute atomic E-state index is 0.0150. The van der Waals surface area contributed by atoms with Crippen LogP contribution in [-0.2, 0) is 10.2 Å². The molecule has 1 saturated heterocycles. The Morgan fingerprint density at radius 2 is 1.94 bits per heavy atom. The molecular formula is C10H21N3O2S. The summed E-state index contributed by atoms with van der Waals surface area (Å²) < 4.78 is 28.6. The van der Waals surface area contributed by atoms with Crippen LogP contribution in [0.4, 0.5) is 0 Å². The molecule has 0 amide bonds. The van der Waals surface area contributed by atoms with E-state index in [4.69, 9.17) is 5.73 Å². The summed E-state index contributed by atoms with van der Waals surface area (Å²) in [6.07, 6.45) is 5.97. The van der Waals surface area contributed by atoms with E-state index in [1.54, 1.807) is 4.31 Å². The standard InChI is InChI=1S/C10H21N3O2S/c11-8-10-4-2-1-3-7-13(10)16(14,15)12-9-5-6-9/h9-10,12H,1-8,11H2. The molecular weight excluding hydrogens is 226 g/mol. The summed E-state index contributed by atoms with van der Waals surface area (Å²) in [4.78, 5) is 0. The van der Waals surface area contributed by atoms with E-state index < -0.39 is 10.2 Å². The van der Waals surface area contributed by atoms with Crippen LogP contribution >= 0.6 is 0 Å². The molecule has 0 bridgehead atoms. The van der Waals surface area contributed by atoms with E-state index in [1.165, 1.54) is 0 Å². The molecule has 2 rings (SSSR count). The van der Waals surface area contributed by atoms with Gasteiger partial charge < -0.3 is 5.73 Å². The zero-order chi connectivity index (χ0) is 11.6. The summed E-state index contributed by atoms with van der Waals surface area (Å²) >= 11 is 0. The quantitative estimate of drug-likeness (QED) is 0.744. The van der Waals surface area contributed by atoms with Crippen LogP contribution in [0.2, 0.25) is 0 Å². The summed E-state index contributed by atoms with van der Waals surface area (Å²) in [5.41, 5.74) is 5.67. The molecule has 0 aromatic carbocycles. The van der Waals surface area contributed by atoms with Crippen molar-refractivity contribution < 1.29 is 8.42 Å². The maximum atomic E-state index is 12.1. The highest BCUT2D eigenvalue weighted by Crippen LogP contribution is 2.23. The van der Waals surface area contributed by atoms with Crippen molar-refractivity contribution in [1.29, 1.82) is 0 Å². The third-order valence-corrected chi connectivity index (χ3v) is 5.03. The smallest absolute Gasteiger partial charge is 0.279 e. The molecule has 94 valence electrons. The Morgan fingerprint density at radius 1 is 1.19 bits per heavy atom. The van der Waals surface area contributed by atoms with Gasteiger partial charge in [-0.3, -0.25) is 0 Å². The molecule has 3 N–H and O–H groups in total. The first-order valence-corrected chi connectivity index (χ1v) is 7.56. The second-order valence-electron chi connectivity index (χ2n) is 4.75. The van der Waals surface area contributed by atoms with E-state index in [9.17, 15) is 8.42 Å². The Morgan fingerprint density at radius 3 is 2.56 bits per heavy atom. The molecule has 16 heavy (non-hydrogen) atoms. The van der Waals surface area contributed by atoms with Crippen LogP contribution in [0, 0.1) is 0 Å². The van der Waals surface area contributed by atoms with Crippen LogP contribution in [0.25, 0.3) is 0 Å². The van der Waals surface area contributed by atoms with Gasteiger partial charge in [0.1, 0.15) is 0 Å². The zero-order valence-corrected chi connectivity index (χ0v) is 10.4. The van der Waals surface area contributed by atoms with Gasteiger partial charge in [0.2, 0.25) is 0 Å². The van der Waals surface area contributed by atoms with Gasteiger partial charge in [0.25, 0.3) is 10.2 Å². The molecule has 1 heterocycles. The van der Waals surface area contributed by atoms with Crippen molar-refractivity contribution in [3.8, 4) is 0 Å². The molecule has 2 fully saturated rings. The average molecular weight is 247 g/mol. The van der Waals surface area contributed by atoms with Crippen molar-refractivity contribution in [2.24, 2.45) is 5.73 Å². The number of rotatable bonds is 4. The minimum atomic E-state index is -3.30. The van der Waals surface area contributed by atoms with E-state index in [0.29, 0.717) is 13.1 Å². The van der Waals surface area contributed by atoms with Gasteiger partial charge in [-0.05, 0) is 25.7 Å². The summed E-state index contributed by atoms with van der Waals surface area (Å²) in [6.45, 7) is 1.04. The Balaban J connectivity index is 2.07. The highest BCUT2D eigenvalue weighted by Gasteiger charge is 2.34. The molecule has 1 saturated carbocycles. The van der Waals surface area contributed by atoms with Crippen molar-refractivity contribution in [1.82, 2.24) is 9.03 Å². The fraction of sp³-hybridized carbons (Fsp3) is 1.00. The highest BCUT2D eigenvalue weighted by atomic mass is 32.2. The third-order valence-electron chi connectivity index (χ3n) is 3.30. The number of hydrogen-bond donors (Lipinski definition) is 2. The first-order chi connectivity index (χ1) is 7.63. The summed E-state index contributed by atoms with van der Waals surface area (Å²) in [6, 6.07) is 0.158. The number of hydrogen-bond acceptors (Lipinski definition) is 3. The van der Waals surface area contributed by atoms with Gasteiger partial charge in [-0.2, -0.15) is 17.4 Å². The topological polar surface area (TPSA) is 75.4 Å². The van der Waals surface area contributed by atoms with Crippen molar-refractivity contribution in [3.63, 3.8) is 0 Å². The Bertz CT molecular complexity index is 327. The van der Waals surface area contributed by atoms with Gasteiger partial charge >= 0.3 is 0 Å². The maximum Gasteiger partial charge on any atom is 0.279 e. The third kappa shape index (κ3) is 2.94. The van der Waals surface area contributed by atoms with Crippen molar-refractivity contribution >= 4 is 10.2 Å². The maximum absolute atomic E-state index is 12.1. The molecule has 0 radical (unpaired) electrons. The van der Waals surface area contributed by atoms with Crippen LogP contribution in [0.3, 0.4) is 0 Å². The monoisotopic (exact) mass is 247 g/mol. The molecule has 0 aromatic heterocycles. The van der Waals surface area contributed by atoms with Gasteiger partial charge in [0.15, 0.2) is 0 Å². The second kappa shape index (κ2) is 5.00. The lowest BCUT2D eigenvalue weighted by Gasteiger charge is -2.28. The van der Waals surface area contributed by atoms with Gasteiger partial charge in [-0.25, -0.2) is 0 Å². The summed E-state index contributed by atoms with van der Waals surface area (Å²) in [7, 11) is -3.30. The van der Waals surface area contributed by atoms with Crippen molar-refractivity contribution in [2.75, 3.05) is 13.1 Å². The lowest BCUT2D eigenvalue weighted by atomic mass is 10.1. The van der Waals surface area contributed by atoms with Crippen LogP contribution in [0.5, 0.6) is 0 Å². The molecule has 1 aliphatic heterocycles. The molecule has 1 unspecified atom stereocenters. The van der Waals surface area contributed by atoms with Gasteiger partial charge in [0, 0.05) is 25.2 Å². The van der Waals surface area contributed by atoms with E-state index in [1.807, 2.05) is 0 Å². The number of nitrogens with two attached hydrogens (primary N) is 1. The predicted octanol–water partition coefficient (Wildman–Crippen LogP) is 0.186. The fourth-order valence-electron chi connectivity index (χ4n) is 2.18. The molecule has 1 atom stereocenters. The SMILES string of the molecule is NCC1CCCCCN1S(=O)(=O)NC1CC1. The van der Waals surface area contributed by atoms with Crippen molar-refractivity contribution in [2.45, 2.75) is 50.6 Å². The molecule has 1 aliphatic carbocycles. The molecule has 0 aromatic rings. The Hall–Kier alpha value is -0.170. The molecule has 5 nitrogen and oxygen atoms in total. The van der Waals surface area contributed by atoms with E-state index in [2.05, 4.69) is 4.72 Å². The first-order valence-electron chi connectivity index (χ1n) is 6.12. The van der Waals surface area contributed by atoms with E-state index in [-0.39, 0.29) is 12.1 Å².